The summed E-state index contributed by atoms with van der Waals surface area (Å²) in [5, 5.41) is 0. The van der Waals surface area contributed by atoms with Gasteiger partial charge in [0.2, 0.25) is 5.78 Å². The van der Waals surface area contributed by atoms with E-state index in [-0.39, 0.29) is 0 Å². The summed E-state index contributed by atoms with van der Waals surface area (Å²) in [5.41, 5.74) is 21.8. The Bertz CT molecular complexity index is 4550. The van der Waals surface area contributed by atoms with Crippen molar-refractivity contribution >= 4 is 49.9 Å². The van der Waals surface area contributed by atoms with E-state index in [0.717, 1.165) is 134 Å². The molecule has 15 rings (SSSR count). The summed E-state index contributed by atoms with van der Waals surface area (Å²) in [6.07, 6.45) is 0. The molecular weight excluding hydrogens is 927 g/mol. The van der Waals surface area contributed by atoms with Gasteiger partial charge in [-0.3, -0.25) is 18.1 Å². The molecule has 11 aromatic carbocycles. The van der Waals surface area contributed by atoms with Crippen molar-refractivity contribution in [1.29, 1.82) is 0 Å². The van der Waals surface area contributed by atoms with Crippen LogP contribution in [-0.2, 0) is 0 Å². The summed E-state index contributed by atoms with van der Waals surface area (Å²) >= 11 is 0. The highest BCUT2D eigenvalue weighted by Crippen LogP contribution is 2.44. The predicted octanol–water partition coefficient (Wildman–Crippen LogP) is 17.1. The third-order valence-electron chi connectivity index (χ3n) is 14.8. The molecule has 4 aromatic heterocycles. The van der Waals surface area contributed by atoms with E-state index in [4.69, 9.17) is 15.0 Å². The highest BCUT2D eigenvalue weighted by molar-refractivity contribution is 5.99. The van der Waals surface area contributed by atoms with Crippen molar-refractivity contribution in [2.45, 2.75) is 0 Å². The van der Waals surface area contributed by atoms with Crippen molar-refractivity contribution in [1.82, 2.24) is 33.1 Å². The first-order valence-corrected chi connectivity index (χ1v) is 25.7. The number of para-hydroxylation sites is 7. The Morgan fingerprint density at radius 2 is 0.618 bits per heavy atom. The number of hydrogen-bond donors (Lipinski definition) is 0. The SMILES string of the molecule is c1ccc(-c2cccc(-c3ccccc3)c2-n2c(-c3ccc4nc5n(-c6ccccc6)c6ccc(-c7nc8ccccc8n7-c7c(-c8ccccc8)cccc7-c7ccccc7)cc6n5c4c3)nc3ccccc32)cc1. The fourth-order valence-corrected chi connectivity index (χ4v) is 11.4. The van der Waals surface area contributed by atoms with E-state index in [2.05, 4.69) is 291 Å². The van der Waals surface area contributed by atoms with Gasteiger partial charge in [-0.2, -0.15) is 0 Å². The molecule has 0 unspecified atom stereocenters. The topological polar surface area (TPSA) is 57.9 Å². The zero-order chi connectivity index (χ0) is 50.1. The maximum absolute atomic E-state index is 5.52. The normalized spacial score (nSPS) is 11.7. The van der Waals surface area contributed by atoms with Crippen LogP contribution in [0.3, 0.4) is 0 Å². The van der Waals surface area contributed by atoms with Crippen LogP contribution in [0.4, 0.5) is 0 Å². The molecule has 0 atom stereocenters. The molecule has 0 amide bonds. The number of benzene rings is 11. The summed E-state index contributed by atoms with van der Waals surface area (Å²) in [6.45, 7) is 0. The summed E-state index contributed by atoms with van der Waals surface area (Å²) in [7, 11) is 0. The lowest BCUT2D eigenvalue weighted by atomic mass is 9.95. The third kappa shape index (κ3) is 6.94. The van der Waals surface area contributed by atoms with Gasteiger partial charge in [0, 0.05) is 39.1 Å². The molecule has 0 N–H and O–H groups in total. The molecule has 7 nitrogen and oxygen atoms in total. The molecular formula is C69H45N7. The molecule has 0 aliphatic carbocycles. The van der Waals surface area contributed by atoms with Crippen LogP contribution in [0.2, 0.25) is 0 Å². The Morgan fingerprint density at radius 1 is 0.237 bits per heavy atom. The second-order valence-electron chi connectivity index (χ2n) is 19.2. The molecule has 0 radical (unpaired) electrons. The van der Waals surface area contributed by atoms with Gasteiger partial charge < -0.3 is 0 Å². The molecule has 0 bridgehead atoms. The van der Waals surface area contributed by atoms with Crippen molar-refractivity contribution in [2.75, 3.05) is 0 Å². The van der Waals surface area contributed by atoms with E-state index in [1.54, 1.807) is 0 Å². The largest absolute Gasteiger partial charge is 0.291 e. The fourth-order valence-electron chi connectivity index (χ4n) is 11.4. The van der Waals surface area contributed by atoms with Gasteiger partial charge in [-0.15, -0.1) is 0 Å². The maximum Gasteiger partial charge on any atom is 0.220 e. The minimum absolute atomic E-state index is 0.814. The Balaban J connectivity index is 1.00. The Kier molecular flexibility index (Phi) is 10.1. The number of nitrogens with zero attached hydrogens (tertiary/aromatic N) is 7. The van der Waals surface area contributed by atoms with Gasteiger partial charge in [-0.05, 0) is 95.1 Å². The Labute approximate surface area is 438 Å². The van der Waals surface area contributed by atoms with Crippen LogP contribution in [-0.4, -0.2) is 33.1 Å². The number of hydrogen-bond acceptors (Lipinski definition) is 3. The fraction of sp³-hybridized carbons (Fsp3) is 0. The van der Waals surface area contributed by atoms with Gasteiger partial charge in [0.05, 0.1) is 55.5 Å². The van der Waals surface area contributed by atoms with Crippen molar-refractivity contribution < 1.29 is 0 Å². The minimum Gasteiger partial charge on any atom is -0.291 e. The van der Waals surface area contributed by atoms with Crippen molar-refractivity contribution in [3.63, 3.8) is 0 Å². The molecule has 76 heavy (non-hydrogen) atoms. The zero-order valence-corrected chi connectivity index (χ0v) is 41.1. The molecule has 7 heteroatoms. The van der Waals surface area contributed by atoms with Gasteiger partial charge in [-0.1, -0.05) is 200 Å². The lowest BCUT2D eigenvalue weighted by molar-refractivity contribution is 1.10. The van der Waals surface area contributed by atoms with Crippen LogP contribution in [0, 0.1) is 0 Å². The summed E-state index contributed by atoms with van der Waals surface area (Å²) in [4.78, 5) is 16.5. The molecule has 0 aliphatic heterocycles. The average Bonchev–Trinajstić information content (AvgIpc) is 4.28. The maximum atomic E-state index is 5.52. The number of imidazole rings is 4. The van der Waals surface area contributed by atoms with Crippen molar-refractivity contribution in [3.05, 3.63) is 273 Å². The molecule has 356 valence electrons. The van der Waals surface area contributed by atoms with Gasteiger partial charge in [0.25, 0.3) is 0 Å². The molecule has 0 saturated heterocycles. The number of rotatable bonds is 9. The quantitative estimate of drug-likeness (QED) is 0.145. The van der Waals surface area contributed by atoms with E-state index in [1.807, 2.05) is 0 Å². The van der Waals surface area contributed by atoms with E-state index in [0.29, 0.717) is 0 Å². The van der Waals surface area contributed by atoms with Gasteiger partial charge in [0.15, 0.2) is 0 Å². The monoisotopic (exact) mass is 971 g/mol. The highest BCUT2D eigenvalue weighted by atomic mass is 15.2. The minimum atomic E-state index is 0.814. The lowest BCUT2D eigenvalue weighted by Crippen LogP contribution is -2.03. The first-order chi connectivity index (χ1) is 37.7. The first-order valence-electron chi connectivity index (χ1n) is 25.7. The van der Waals surface area contributed by atoms with Gasteiger partial charge in [0.1, 0.15) is 11.6 Å². The van der Waals surface area contributed by atoms with E-state index in [1.165, 1.54) is 0 Å². The van der Waals surface area contributed by atoms with Crippen LogP contribution in [0.25, 0.3) is 134 Å². The van der Waals surface area contributed by atoms with Crippen LogP contribution in [0.15, 0.2) is 273 Å². The highest BCUT2D eigenvalue weighted by Gasteiger charge is 2.26. The van der Waals surface area contributed by atoms with Crippen LogP contribution >= 0.6 is 0 Å². The van der Waals surface area contributed by atoms with Crippen molar-refractivity contribution in [3.8, 4) is 84.3 Å². The molecule has 0 fully saturated rings. The third-order valence-corrected chi connectivity index (χ3v) is 14.8. The smallest absolute Gasteiger partial charge is 0.220 e. The lowest BCUT2D eigenvalue weighted by Gasteiger charge is -2.20. The second-order valence-corrected chi connectivity index (χ2v) is 19.2. The molecule has 0 saturated carbocycles. The summed E-state index contributed by atoms with van der Waals surface area (Å²) in [5.74, 6) is 2.50. The number of aromatic nitrogens is 7. The number of fused-ring (bicyclic) bond motifs is 7. The Hall–Kier alpha value is -10.4. The Morgan fingerprint density at radius 3 is 1.08 bits per heavy atom. The van der Waals surface area contributed by atoms with E-state index >= 15 is 0 Å². The van der Waals surface area contributed by atoms with Crippen LogP contribution in [0.5, 0.6) is 0 Å². The molecule has 4 heterocycles. The van der Waals surface area contributed by atoms with Crippen LogP contribution < -0.4 is 0 Å². The molecule has 0 spiro atoms. The second kappa shape index (κ2) is 17.7. The summed E-state index contributed by atoms with van der Waals surface area (Å²) in [6, 6.07) is 96.8. The zero-order valence-electron chi connectivity index (χ0n) is 41.1. The predicted molar refractivity (Wildman–Crippen MR) is 311 cm³/mol. The van der Waals surface area contributed by atoms with Gasteiger partial charge in [-0.25, -0.2) is 15.0 Å². The van der Waals surface area contributed by atoms with E-state index in [9.17, 15) is 0 Å². The molecule has 0 aliphatic rings. The first kappa shape index (κ1) is 43.2. The van der Waals surface area contributed by atoms with Gasteiger partial charge >= 0.3 is 0 Å². The van der Waals surface area contributed by atoms with E-state index < -0.39 is 0 Å². The van der Waals surface area contributed by atoms with Crippen molar-refractivity contribution in [2.24, 2.45) is 0 Å². The summed E-state index contributed by atoms with van der Waals surface area (Å²) < 4.78 is 9.34. The standard InChI is InChI=1S/C69H45N7/c1-6-22-46(23-7-1)53-32-20-33-54(47-24-8-2-9-25-47)65(53)75-60-38-18-16-36-57(60)70-67(75)50-40-42-59-63(44-50)74-64-45-51(41-43-62(64)73(69(74)72-59)52-30-14-5-15-31-52)68-71-58-37-17-19-39-61(58)76(68)66-55(48-26-10-3-11-27-48)34-21-35-56(66)49-28-12-4-13-29-49/h1-45H. The average molecular weight is 972 g/mol. The molecule has 15 aromatic rings. The van der Waals surface area contributed by atoms with Crippen LogP contribution in [0.1, 0.15) is 0 Å².